The standard InChI is InChI=1S/C22H25FN4O3/c1-13-11-14(23)7-8-16(13)20-17-9-10-18(28)27(15-5-3-2-4-6-15)21(17)26-22(25-20)24-12-19(29)30/h7-11,15,19,29-30H,2-6,12H2,1H3,(H,24,25,26). The van der Waals surface area contributed by atoms with E-state index in [1.54, 1.807) is 23.6 Å². The summed E-state index contributed by atoms with van der Waals surface area (Å²) in [5.41, 5.74) is 2.38. The van der Waals surface area contributed by atoms with Crippen LogP contribution in [0, 0.1) is 12.7 Å². The monoisotopic (exact) mass is 412 g/mol. The quantitative estimate of drug-likeness (QED) is 0.557. The van der Waals surface area contributed by atoms with Gasteiger partial charge in [0, 0.05) is 23.1 Å². The van der Waals surface area contributed by atoms with Gasteiger partial charge in [0.25, 0.3) is 5.56 Å². The average Bonchev–Trinajstić information content (AvgIpc) is 2.72. The number of aliphatic hydroxyl groups excluding tert-OH is 1. The van der Waals surface area contributed by atoms with E-state index >= 15 is 0 Å². The molecule has 4 rings (SSSR count). The smallest absolute Gasteiger partial charge is 0.252 e. The highest BCUT2D eigenvalue weighted by Crippen LogP contribution is 2.33. The maximum absolute atomic E-state index is 13.7. The van der Waals surface area contributed by atoms with Gasteiger partial charge < -0.3 is 15.5 Å². The van der Waals surface area contributed by atoms with Gasteiger partial charge in [-0.15, -0.1) is 0 Å². The van der Waals surface area contributed by atoms with Crippen LogP contribution in [-0.2, 0) is 0 Å². The third-order valence-electron chi connectivity index (χ3n) is 5.61. The van der Waals surface area contributed by atoms with Crippen LogP contribution in [0.15, 0.2) is 35.1 Å². The van der Waals surface area contributed by atoms with Gasteiger partial charge in [-0.05, 0) is 49.6 Å². The van der Waals surface area contributed by atoms with Crippen LogP contribution >= 0.6 is 0 Å². The predicted octanol–water partition coefficient (Wildman–Crippen LogP) is 3.13. The van der Waals surface area contributed by atoms with Crippen molar-refractivity contribution in [2.45, 2.75) is 51.4 Å². The first-order chi connectivity index (χ1) is 14.4. The van der Waals surface area contributed by atoms with Crippen molar-refractivity contribution in [2.75, 3.05) is 11.9 Å². The third kappa shape index (κ3) is 4.06. The van der Waals surface area contributed by atoms with E-state index in [1.807, 2.05) is 0 Å². The van der Waals surface area contributed by atoms with E-state index in [0.29, 0.717) is 22.3 Å². The highest BCUT2D eigenvalue weighted by Gasteiger charge is 2.22. The number of pyridine rings is 1. The minimum absolute atomic E-state index is 0.0586. The number of anilines is 1. The molecular weight excluding hydrogens is 387 g/mol. The van der Waals surface area contributed by atoms with Crippen molar-refractivity contribution in [2.24, 2.45) is 0 Å². The zero-order valence-corrected chi connectivity index (χ0v) is 16.8. The molecule has 30 heavy (non-hydrogen) atoms. The van der Waals surface area contributed by atoms with Gasteiger partial charge in [0.1, 0.15) is 11.5 Å². The number of hydrogen-bond donors (Lipinski definition) is 3. The minimum atomic E-state index is -1.57. The van der Waals surface area contributed by atoms with E-state index in [2.05, 4.69) is 15.3 Å². The summed E-state index contributed by atoms with van der Waals surface area (Å²) in [5.74, 6) is -0.153. The second-order valence-corrected chi connectivity index (χ2v) is 7.79. The molecule has 1 saturated carbocycles. The largest absolute Gasteiger partial charge is 0.367 e. The average molecular weight is 412 g/mol. The molecule has 1 aliphatic rings. The zero-order chi connectivity index (χ0) is 21.3. The van der Waals surface area contributed by atoms with E-state index in [0.717, 1.165) is 37.7 Å². The SMILES string of the molecule is Cc1cc(F)ccc1-c1nc(NCC(O)O)nc2c1ccc(=O)n2C1CCCCC1. The Morgan fingerprint density at radius 1 is 1.17 bits per heavy atom. The van der Waals surface area contributed by atoms with E-state index < -0.39 is 6.29 Å². The highest BCUT2D eigenvalue weighted by molar-refractivity contribution is 5.92. The van der Waals surface area contributed by atoms with Crippen molar-refractivity contribution in [3.8, 4) is 11.3 Å². The fourth-order valence-electron chi connectivity index (χ4n) is 4.19. The maximum Gasteiger partial charge on any atom is 0.252 e. The van der Waals surface area contributed by atoms with Crippen molar-refractivity contribution >= 4 is 17.0 Å². The highest BCUT2D eigenvalue weighted by atomic mass is 19.1. The number of rotatable bonds is 5. The first-order valence-corrected chi connectivity index (χ1v) is 10.2. The third-order valence-corrected chi connectivity index (χ3v) is 5.61. The lowest BCUT2D eigenvalue weighted by molar-refractivity contribution is -0.0276. The molecule has 1 aliphatic carbocycles. The fraction of sp³-hybridized carbons (Fsp3) is 0.409. The minimum Gasteiger partial charge on any atom is -0.367 e. The van der Waals surface area contributed by atoms with E-state index in [1.165, 1.54) is 18.2 Å². The van der Waals surface area contributed by atoms with Gasteiger partial charge in [-0.2, -0.15) is 4.98 Å². The van der Waals surface area contributed by atoms with Crippen LogP contribution in [-0.4, -0.2) is 37.6 Å². The normalized spacial score (nSPS) is 15.1. The van der Waals surface area contributed by atoms with Crippen LogP contribution in [0.25, 0.3) is 22.3 Å². The molecule has 0 unspecified atom stereocenters. The van der Waals surface area contributed by atoms with Crippen LogP contribution in [0.4, 0.5) is 10.3 Å². The first kappa shape index (κ1) is 20.4. The molecule has 8 heteroatoms. The maximum atomic E-state index is 13.7. The summed E-state index contributed by atoms with van der Waals surface area (Å²) < 4.78 is 15.4. The van der Waals surface area contributed by atoms with Crippen molar-refractivity contribution in [1.29, 1.82) is 0 Å². The zero-order valence-electron chi connectivity index (χ0n) is 16.8. The summed E-state index contributed by atoms with van der Waals surface area (Å²) in [5, 5.41) is 22.0. The number of halogens is 1. The molecule has 0 amide bonds. The number of nitrogens with zero attached hydrogens (tertiary/aromatic N) is 3. The van der Waals surface area contributed by atoms with Gasteiger partial charge in [0.05, 0.1) is 12.2 Å². The Morgan fingerprint density at radius 2 is 1.93 bits per heavy atom. The summed E-state index contributed by atoms with van der Waals surface area (Å²) in [6, 6.07) is 7.77. The van der Waals surface area contributed by atoms with Gasteiger partial charge in [0.15, 0.2) is 6.29 Å². The molecule has 2 aromatic heterocycles. The second kappa shape index (κ2) is 8.49. The lowest BCUT2D eigenvalue weighted by Crippen LogP contribution is -2.27. The number of benzene rings is 1. The fourth-order valence-corrected chi connectivity index (χ4v) is 4.19. The van der Waals surface area contributed by atoms with Gasteiger partial charge >= 0.3 is 0 Å². The molecule has 0 bridgehead atoms. The first-order valence-electron chi connectivity index (χ1n) is 10.2. The van der Waals surface area contributed by atoms with Crippen LogP contribution in [0.2, 0.25) is 0 Å². The Bertz CT molecular complexity index is 1120. The molecule has 0 aliphatic heterocycles. The lowest BCUT2D eigenvalue weighted by Gasteiger charge is -2.25. The van der Waals surface area contributed by atoms with Crippen LogP contribution in [0.5, 0.6) is 0 Å². The van der Waals surface area contributed by atoms with Gasteiger partial charge in [-0.1, -0.05) is 19.3 Å². The Morgan fingerprint density at radius 3 is 2.63 bits per heavy atom. The Hall–Kier alpha value is -2.84. The molecule has 158 valence electrons. The molecule has 3 N–H and O–H groups in total. The Labute approximate surface area is 173 Å². The number of aromatic nitrogens is 3. The topological polar surface area (TPSA) is 100 Å². The van der Waals surface area contributed by atoms with Crippen molar-refractivity contribution in [3.05, 3.63) is 52.1 Å². The summed E-state index contributed by atoms with van der Waals surface area (Å²) in [6.07, 6.45) is 3.52. The molecule has 0 spiro atoms. The number of fused-ring (bicyclic) bond motifs is 1. The summed E-state index contributed by atoms with van der Waals surface area (Å²) >= 11 is 0. The van der Waals surface area contributed by atoms with Gasteiger partial charge in [0.2, 0.25) is 5.95 Å². The molecule has 1 aromatic carbocycles. The Kier molecular flexibility index (Phi) is 5.78. The second-order valence-electron chi connectivity index (χ2n) is 7.79. The van der Waals surface area contributed by atoms with Crippen molar-refractivity contribution < 1.29 is 14.6 Å². The summed E-state index contributed by atoms with van der Waals surface area (Å²) in [4.78, 5) is 22.0. The summed E-state index contributed by atoms with van der Waals surface area (Å²) in [6.45, 7) is 1.64. The molecule has 2 heterocycles. The van der Waals surface area contributed by atoms with Crippen LogP contribution in [0.1, 0.15) is 43.7 Å². The number of aryl methyl sites for hydroxylation is 1. The van der Waals surface area contributed by atoms with E-state index in [9.17, 15) is 19.4 Å². The predicted molar refractivity (Wildman–Crippen MR) is 113 cm³/mol. The van der Waals surface area contributed by atoms with E-state index in [-0.39, 0.29) is 29.9 Å². The van der Waals surface area contributed by atoms with Crippen molar-refractivity contribution in [3.63, 3.8) is 0 Å². The molecule has 1 fully saturated rings. The van der Waals surface area contributed by atoms with Crippen LogP contribution < -0.4 is 10.9 Å². The molecule has 3 aromatic rings. The Balaban J connectivity index is 1.96. The molecular formula is C22H25FN4O3. The number of aliphatic hydroxyl groups is 2. The molecule has 7 nitrogen and oxygen atoms in total. The van der Waals surface area contributed by atoms with Crippen molar-refractivity contribution in [1.82, 2.24) is 14.5 Å². The molecule has 0 atom stereocenters. The van der Waals surface area contributed by atoms with E-state index in [4.69, 9.17) is 0 Å². The number of nitrogens with one attached hydrogen (secondary N) is 1. The molecule has 0 saturated heterocycles. The summed E-state index contributed by atoms with van der Waals surface area (Å²) in [7, 11) is 0. The van der Waals surface area contributed by atoms with Gasteiger partial charge in [-0.3, -0.25) is 9.36 Å². The molecule has 0 radical (unpaired) electrons. The van der Waals surface area contributed by atoms with Crippen LogP contribution in [0.3, 0.4) is 0 Å². The number of hydrogen-bond acceptors (Lipinski definition) is 6. The van der Waals surface area contributed by atoms with Gasteiger partial charge in [-0.25, -0.2) is 9.37 Å². The lowest BCUT2D eigenvalue weighted by atomic mass is 9.95.